The number of nitrogens with one attached hydrogen (secondary N) is 1. The molecule has 0 aliphatic heterocycles. The van der Waals surface area contributed by atoms with Crippen molar-refractivity contribution in [2.45, 2.75) is 13.3 Å². The van der Waals surface area contributed by atoms with Crippen molar-refractivity contribution in [3.05, 3.63) is 41.0 Å². The molecule has 126 valence electrons. The Labute approximate surface area is 129 Å². The van der Waals surface area contributed by atoms with E-state index in [0.717, 1.165) is 0 Å². The first-order valence-corrected chi connectivity index (χ1v) is 6.40. The van der Waals surface area contributed by atoms with Gasteiger partial charge in [-0.2, -0.15) is 0 Å². The number of ether oxygens (including phenoxy) is 1. The monoisotopic (exact) mass is 334 g/mol. The Balaban J connectivity index is 2.66. The Bertz CT molecular complexity index is 633. The van der Waals surface area contributed by atoms with Crippen molar-refractivity contribution < 1.29 is 31.9 Å². The number of halogens is 4. The molecule has 1 aromatic rings. The molecule has 1 aromatic carbocycles. The SMILES string of the molecule is C=C(C)C(=O)NCCCOC(=O)c1c(F)c(F)c(N)c(F)c1F. The summed E-state index contributed by atoms with van der Waals surface area (Å²) in [5, 5.41) is 2.43. The Hall–Kier alpha value is -2.58. The first-order valence-electron chi connectivity index (χ1n) is 6.40. The zero-order valence-corrected chi connectivity index (χ0v) is 12.1. The summed E-state index contributed by atoms with van der Waals surface area (Å²) in [5.74, 6) is -9.58. The highest BCUT2D eigenvalue weighted by Gasteiger charge is 2.29. The molecule has 23 heavy (non-hydrogen) atoms. The molecule has 0 aliphatic rings. The largest absolute Gasteiger partial charge is 0.462 e. The normalized spacial score (nSPS) is 10.3. The van der Waals surface area contributed by atoms with Crippen LogP contribution in [-0.2, 0) is 9.53 Å². The van der Waals surface area contributed by atoms with Crippen molar-refractivity contribution in [1.29, 1.82) is 0 Å². The molecule has 1 rings (SSSR count). The Kier molecular flexibility index (Phi) is 6.11. The van der Waals surface area contributed by atoms with Gasteiger partial charge < -0.3 is 15.8 Å². The predicted octanol–water partition coefficient (Wildman–Crippen LogP) is 2.06. The van der Waals surface area contributed by atoms with Crippen LogP contribution in [0.25, 0.3) is 0 Å². The molecule has 9 heteroatoms. The molecule has 0 unspecified atom stereocenters. The van der Waals surface area contributed by atoms with Gasteiger partial charge in [-0.3, -0.25) is 4.79 Å². The van der Waals surface area contributed by atoms with E-state index in [-0.39, 0.29) is 25.1 Å². The number of anilines is 1. The van der Waals surface area contributed by atoms with Crippen LogP contribution in [0.3, 0.4) is 0 Å². The molecule has 0 aliphatic carbocycles. The topological polar surface area (TPSA) is 81.4 Å². The molecular formula is C14H14F4N2O3. The van der Waals surface area contributed by atoms with Crippen LogP contribution in [-0.4, -0.2) is 25.0 Å². The number of hydrogen-bond acceptors (Lipinski definition) is 4. The number of carbonyl (C=O) groups is 2. The fraction of sp³-hybridized carbons (Fsp3) is 0.286. The minimum absolute atomic E-state index is 0.106. The van der Waals surface area contributed by atoms with Gasteiger partial charge in [0.25, 0.3) is 0 Å². The summed E-state index contributed by atoms with van der Waals surface area (Å²) in [5.41, 5.74) is 2.23. The third-order valence-electron chi connectivity index (χ3n) is 2.73. The predicted molar refractivity (Wildman–Crippen MR) is 73.4 cm³/mol. The number of nitrogens with two attached hydrogens (primary N) is 1. The number of rotatable bonds is 6. The van der Waals surface area contributed by atoms with Crippen molar-refractivity contribution in [3.8, 4) is 0 Å². The summed E-state index contributed by atoms with van der Waals surface area (Å²) in [6.45, 7) is 4.67. The van der Waals surface area contributed by atoms with E-state index in [1.165, 1.54) is 6.92 Å². The van der Waals surface area contributed by atoms with Crippen molar-refractivity contribution in [2.24, 2.45) is 0 Å². The van der Waals surface area contributed by atoms with Crippen LogP contribution >= 0.6 is 0 Å². The number of carbonyl (C=O) groups excluding carboxylic acids is 2. The minimum Gasteiger partial charge on any atom is -0.462 e. The fourth-order valence-corrected chi connectivity index (χ4v) is 1.49. The van der Waals surface area contributed by atoms with Gasteiger partial charge in [-0.15, -0.1) is 0 Å². The molecule has 5 nitrogen and oxygen atoms in total. The second-order valence-corrected chi connectivity index (χ2v) is 4.57. The van der Waals surface area contributed by atoms with Gasteiger partial charge in [0.05, 0.1) is 6.61 Å². The van der Waals surface area contributed by atoms with Crippen molar-refractivity contribution in [2.75, 3.05) is 18.9 Å². The van der Waals surface area contributed by atoms with Gasteiger partial charge >= 0.3 is 5.97 Å². The number of benzene rings is 1. The highest BCUT2D eigenvalue weighted by atomic mass is 19.2. The molecule has 0 saturated heterocycles. The van der Waals surface area contributed by atoms with Crippen LogP contribution in [0.4, 0.5) is 23.2 Å². The van der Waals surface area contributed by atoms with Crippen LogP contribution < -0.4 is 11.1 Å². The number of nitrogen functional groups attached to an aromatic ring is 1. The molecule has 0 saturated carbocycles. The molecule has 0 heterocycles. The fourth-order valence-electron chi connectivity index (χ4n) is 1.49. The zero-order valence-electron chi connectivity index (χ0n) is 12.1. The van der Waals surface area contributed by atoms with Gasteiger partial charge in [0.1, 0.15) is 11.3 Å². The van der Waals surface area contributed by atoms with E-state index >= 15 is 0 Å². The lowest BCUT2D eigenvalue weighted by Crippen LogP contribution is -2.26. The van der Waals surface area contributed by atoms with Crippen LogP contribution in [0.15, 0.2) is 12.2 Å². The van der Waals surface area contributed by atoms with Crippen LogP contribution in [0.2, 0.25) is 0 Å². The van der Waals surface area contributed by atoms with Gasteiger partial charge in [0.2, 0.25) is 5.91 Å². The smallest absolute Gasteiger partial charge is 0.344 e. The average molecular weight is 334 g/mol. The summed E-state index contributed by atoms with van der Waals surface area (Å²) in [4.78, 5) is 22.7. The molecule has 0 spiro atoms. The molecule has 0 atom stereocenters. The van der Waals surface area contributed by atoms with Crippen LogP contribution in [0, 0.1) is 23.3 Å². The van der Waals surface area contributed by atoms with E-state index in [4.69, 9.17) is 5.73 Å². The average Bonchev–Trinajstić information content (AvgIpc) is 2.50. The van der Waals surface area contributed by atoms with E-state index in [1.807, 2.05) is 0 Å². The van der Waals surface area contributed by atoms with E-state index in [9.17, 15) is 27.2 Å². The van der Waals surface area contributed by atoms with Gasteiger partial charge in [-0.05, 0) is 13.3 Å². The molecule has 0 bridgehead atoms. The van der Waals surface area contributed by atoms with E-state index in [1.54, 1.807) is 0 Å². The van der Waals surface area contributed by atoms with Gasteiger partial charge in [-0.25, -0.2) is 22.4 Å². The van der Waals surface area contributed by atoms with Gasteiger partial charge in [-0.1, -0.05) is 6.58 Å². The summed E-state index contributed by atoms with van der Waals surface area (Å²) in [7, 11) is 0. The first kappa shape index (κ1) is 18.5. The molecule has 1 amide bonds. The molecule has 0 radical (unpaired) electrons. The van der Waals surface area contributed by atoms with Gasteiger partial charge in [0, 0.05) is 12.1 Å². The summed E-state index contributed by atoms with van der Waals surface area (Å²) < 4.78 is 58.0. The van der Waals surface area contributed by atoms with E-state index in [0.29, 0.717) is 0 Å². The molecule has 0 fully saturated rings. The highest BCUT2D eigenvalue weighted by molar-refractivity contribution is 5.92. The molecule has 0 aromatic heterocycles. The maximum atomic E-state index is 13.5. The lowest BCUT2D eigenvalue weighted by Gasteiger charge is -2.10. The Morgan fingerprint density at radius 2 is 1.65 bits per heavy atom. The zero-order chi connectivity index (χ0) is 17.7. The second kappa shape index (κ2) is 7.61. The van der Waals surface area contributed by atoms with Crippen LogP contribution in [0.5, 0.6) is 0 Å². The van der Waals surface area contributed by atoms with Crippen molar-refractivity contribution >= 4 is 17.6 Å². The van der Waals surface area contributed by atoms with E-state index in [2.05, 4.69) is 16.6 Å². The summed E-state index contributed by atoms with van der Waals surface area (Å²) in [6.07, 6.45) is 0.119. The number of hydrogen-bond donors (Lipinski definition) is 2. The number of esters is 1. The van der Waals surface area contributed by atoms with E-state index < -0.39 is 46.4 Å². The van der Waals surface area contributed by atoms with Gasteiger partial charge in [0.15, 0.2) is 23.3 Å². The van der Waals surface area contributed by atoms with Crippen molar-refractivity contribution in [1.82, 2.24) is 5.32 Å². The Morgan fingerprint density at radius 1 is 1.13 bits per heavy atom. The molecule has 3 N–H and O–H groups in total. The number of amides is 1. The lowest BCUT2D eigenvalue weighted by molar-refractivity contribution is -0.117. The van der Waals surface area contributed by atoms with Crippen molar-refractivity contribution in [3.63, 3.8) is 0 Å². The Morgan fingerprint density at radius 3 is 2.13 bits per heavy atom. The maximum absolute atomic E-state index is 13.5. The lowest BCUT2D eigenvalue weighted by atomic mass is 10.1. The van der Waals surface area contributed by atoms with Crippen LogP contribution in [0.1, 0.15) is 23.7 Å². The highest BCUT2D eigenvalue weighted by Crippen LogP contribution is 2.26. The first-order chi connectivity index (χ1) is 10.7. The minimum atomic E-state index is -1.93. The summed E-state index contributed by atoms with van der Waals surface area (Å²) in [6, 6.07) is 0. The standard InChI is InChI=1S/C14H14F4N2O3/c1-6(2)13(21)20-4-3-5-23-14(22)7-8(15)10(17)12(19)11(18)9(7)16/h1,3-5,19H2,2H3,(H,20,21). The quantitative estimate of drug-likeness (QED) is 0.208. The second-order valence-electron chi connectivity index (χ2n) is 4.57. The molecular weight excluding hydrogens is 320 g/mol. The third-order valence-corrected chi connectivity index (χ3v) is 2.73. The summed E-state index contributed by atoms with van der Waals surface area (Å²) >= 11 is 0. The third kappa shape index (κ3) is 4.21. The maximum Gasteiger partial charge on any atom is 0.344 e.